The van der Waals surface area contributed by atoms with Crippen LogP contribution in [0.1, 0.15) is 13.3 Å². The summed E-state index contributed by atoms with van der Waals surface area (Å²) >= 11 is 5.61. The van der Waals surface area contributed by atoms with Crippen molar-refractivity contribution in [1.82, 2.24) is 5.32 Å². The standard InChI is InChI=1S/C13H16ClFN2O/c1-8(4-9-5-13(16)17-7-9)18-10-2-3-11(14)12(15)6-10/h2-3,5-6,8-9,17H,4,7,16H2,1H3/t8-,9+/m1/s1. The summed E-state index contributed by atoms with van der Waals surface area (Å²) in [5.74, 6) is 1.10. The van der Waals surface area contributed by atoms with E-state index in [1.54, 1.807) is 6.07 Å². The highest BCUT2D eigenvalue weighted by Crippen LogP contribution is 2.23. The summed E-state index contributed by atoms with van der Waals surface area (Å²) in [7, 11) is 0. The second-order valence-corrected chi connectivity index (χ2v) is 4.91. The number of halogens is 2. The van der Waals surface area contributed by atoms with Crippen LogP contribution in [0.15, 0.2) is 30.1 Å². The van der Waals surface area contributed by atoms with Crippen molar-refractivity contribution in [1.29, 1.82) is 0 Å². The van der Waals surface area contributed by atoms with Crippen LogP contribution in [0.5, 0.6) is 5.75 Å². The van der Waals surface area contributed by atoms with Crippen LogP contribution in [0.3, 0.4) is 0 Å². The van der Waals surface area contributed by atoms with E-state index in [2.05, 4.69) is 5.32 Å². The zero-order chi connectivity index (χ0) is 13.1. The van der Waals surface area contributed by atoms with Crippen molar-refractivity contribution in [2.75, 3.05) is 6.54 Å². The molecule has 0 saturated carbocycles. The molecule has 0 spiro atoms. The number of nitrogens with two attached hydrogens (primary N) is 1. The van der Waals surface area contributed by atoms with Gasteiger partial charge in [0.05, 0.1) is 16.9 Å². The lowest BCUT2D eigenvalue weighted by molar-refractivity contribution is 0.196. The van der Waals surface area contributed by atoms with E-state index in [1.807, 2.05) is 13.0 Å². The van der Waals surface area contributed by atoms with Gasteiger partial charge in [-0.2, -0.15) is 0 Å². The van der Waals surface area contributed by atoms with Crippen molar-refractivity contribution >= 4 is 11.6 Å². The van der Waals surface area contributed by atoms with E-state index in [-0.39, 0.29) is 11.1 Å². The summed E-state index contributed by atoms with van der Waals surface area (Å²) in [4.78, 5) is 0. The van der Waals surface area contributed by atoms with Gasteiger partial charge in [-0.3, -0.25) is 0 Å². The summed E-state index contributed by atoms with van der Waals surface area (Å²) in [5.41, 5.74) is 5.63. The fraction of sp³-hybridized carbons (Fsp3) is 0.385. The molecule has 1 aromatic rings. The molecule has 5 heteroatoms. The van der Waals surface area contributed by atoms with E-state index < -0.39 is 5.82 Å². The number of ether oxygens (including phenoxy) is 1. The molecule has 1 aromatic carbocycles. The third-order valence-electron chi connectivity index (χ3n) is 2.85. The zero-order valence-electron chi connectivity index (χ0n) is 10.1. The monoisotopic (exact) mass is 270 g/mol. The molecule has 3 N–H and O–H groups in total. The Bertz CT molecular complexity index is 464. The van der Waals surface area contributed by atoms with Crippen LogP contribution < -0.4 is 15.8 Å². The fourth-order valence-corrected chi connectivity index (χ4v) is 2.15. The molecule has 2 atom stereocenters. The van der Waals surface area contributed by atoms with Gasteiger partial charge in [0.2, 0.25) is 0 Å². The normalized spacial score (nSPS) is 20.2. The van der Waals surface area contributed by atoms with Gasteiger partial charge in [0.15, 0.2) is 0 Å². The lowest BCUT2D eigenvalue weighted by Gasteiger charge is -2.17. The Hall–Kier alpha value is -1.42. The summed E-state index contributed by atoms with van der Waals surface area (Å²) in [6, 6.07) is 4.46. The molecule has 18 heavy (non-hydrogen) atoms. The van der Waals surface area contributed by atoms with Crippen molar-refractivity contribution in [3.8, 4) is 5.75 Å². The maximum absolute atomic E-state index is 13.2. The van der Waals surface area contributed by atoms with Gasteiger partial charge >= 0.3 is 0 Å². The van der Waals surface area contributed by atoms with Gasteiger partial charge in [-0.25, -0.2) is 4.39 Å². The van der Waals surface area contributed by atoms with E-state index in [4.69, 9.17) is 22.1 Å². The van der Waals surface area contributed by atoms with Gasteiger partial charge in [0.1, 0.15) is 11.6 Å². The van der Waals surface area contributed by atoms with E-state index in [0.717, 1.165) is 13.0 Å². The molecule has 1 aliphatic heterocycles. The quantitative estimate of drug-likeness (QED) is 0.884. The molecular weight excluding hydrogens is 255 g/mol. The van der Waals surface area contributed by atoms with Crippen LogP contribution >= 0.6 is 11.6 Å². The molecule has 0 bridgehead atoms. The molecule has 0 saturated heterocycles. The first kappa shape index (κ1) is 13.0. The Morgan fingerprint density at radius 2 is 2.39 bits per heavy atom. The van der Waals surface area contributed by atoms with Crippen molar-refractivity contribution in [2.45, 2.75) is 19.4 Å². The molecule has 0 aliphatic carbocycles. The molecule has 1 heterocycles. The summed E-state index contributed by atoms with van der Waals surface area (Å²) < 4.78 is 18.9. The highest BCUT2D eigenvalue weighted by molar-refractivity contribution is 6.30. The van der Waals surface area contributed by atoms with Gasteiger partial charge < -0.3 is 15.8 Å². The van der Waals surface area contributed by atoms with E-state index in [1.165, 1.54) is 12.1 Å². The molecule has 98 valence electrons. The first-order valence-corrected chi connectivity index (χ1v) is 6.25. The first-order chi connectivity index (χ1) is 8.54. The van der Waals surface area contributed by atoms with E-state index >= 15 is 0 Å². The maximum atomic E-state index is 13.2. The number of rotatable bonds is 4. The minimum Gasteiger partial charge on any atom is -0.491 e. The second-order valence-electron chi connectivity index (χ2n) is 4.50. The molecule has 2 rings (SSSR count). The predicted octanol–water partition coefficient (Wildman–Crippen LogP) is 2.66. The van der Waals surface area contributed by atoms with Crippen molar-refractivity contribution in [2.24, 2.45) is 11.7 Å². The SMILES string of the molecule is C[C@H](C[C@H]1C=C(N)NC1)Oc1ccc(Cl)c(F)c1. The summed E-state index contributed by atoms with van der Waals surface area (Å²) in [6.07, 6.45) is 2.81. The van der Waals surface area contributed by atoms with Crippen molar-refractivity contribution in [3.05, 3.63) is 40.9 Å². The molecular formula is C13H16ClFN2O. The third-order valence-corrected chi connectivity index (χ3v) is 3.15. The number of benzene rings is 1. The molecule has 0 amide bonds. The fourth-order valence-electron chi connectivity index (χ4n) is 2.03. The van der Waals surface area contributed by atoms with Crippen LogP contribution in [-0.4, -0.2) is 12.6 Å². The summed E-state index contributed by atoms with van der Waals surface area (Å²) in [6.45, 7) is 2.78. The van der Waals surface area contributed by atoms with Gasteiger partial charge in [-0.1, -0.05) is 11.6 Å². The van der Waals surface area contributed by atoms with E-state index in [9.17, 15) is 4.39 Å². The van der Waals surface area contributed by atoms with Crippen LogP contribution in [0.25, 0.3) is 0 Å². The number of hydrogen-bond acceptors (Lipinski definition) is 3. The smallest absolute Gasteiger partial charge is 0.145 e. The predicted molar refractivity (Wildman–Crippen MR) is 69.9 cm³/mol. The van der Waals surface area contributed by atoms with Crippen LogP contribution in [0.2, 0.25) is 5.02 Å². The number of nitrogens with one attached hydrogen (secondary N) is 1. The highest BCUT2D eigenvalue weighted by Gasteiger charge is 2.17. The second kappa shape index (κ2) is 5.48. The average molecular weight is 271 g/mol. The van der Waals surface area contributed by atoms with Gasteiger partial charge in [-0.15, -0.1) is 0 Å². The molecule has 0 radical (unpaired) electrons. The lowest BCUT2D eigenvalue weighted by Crippen LogP contribution is -2.21. The first-order valence-electron chi connectivity index (χ1n) is 5.87. The molecule has 0 unspecified atom stereocenters. The Balaban J connectivity index is 1.90. The highest BCUT2D eigenvalue weighted by atomic mass is 35.5. The zero-order valence-corrected chi connectivity index (χ0v) is 10.9. The van der Waals surface area contributed by atoms with Crippen molar-refractivity contribution in [3.63, 3.8) is 0 Å². The van der Waals surface area contributed by atoms with E-state index in [0.29, 0.717) is 17.5 Å². The Labute approximate surface area is 111 Å². The van der Waals surface area contributed by atoms with Crippen LogP contribution in [0.4, 0.5) is 4.39 Å². The summed E-state index contributed by atoms with van der Waals surface area (Å²) in [5, 5.41) is 3.16. The molecule has 1 aliphatic rings. The van der Waals surface area contributed by atoms with Gasteiger partial charge in [0.25, 0.3) is 0 Å². The lowest BCUT2D eigenvalue weighted by atomic mass is 10.0. The topological polar surface area (TPSA) is 47.3 Å². The third kappa shape index (κ3) is 3.29. The number of hydrogen-bond donors (Lipinski definition) is 2. The van der Waals surface area contributed by atoms with Crippen LogP contribution in [-0.2, 0) is 0 Å². The molecule has 3 nitrogen and oxygen atoms in total. The molecule has 0 aromatic heterocycles. The Morgan fingerprint density at radius 3 is 3.00 bits per heavy atom. The van der Waals surface area contributed by atoms with Crippen molar-refractivity contribution < 1.29 is 9.13 Å². The molecule has 0 fully saturated rings. The minimum atomic E-state index is -0.465. The largest absolute Gasteiger partial charge is 0.491 e. The Morgan fingerprint density at radius 1 is 1.61 bits per heavy atom. The van der Waals surface area contributed by atoms with Crippen LogP contribution in [0, 0.1) is 11.7 Å². The maximum Gasteiger partial charge on any atom is 0.145 e. The minimum absolute atomic E-state index is 0.0143. The average Bonchev–Trinajstić information content (AvgIpc) is 2.69. The van der Waals surface area contributed by atoms with Gasteiger partial charge in [0, 0.05) is 18.5 Å². The Kier molecular flexibility index (Phi) is 3.97. The van der Waals surface area contributed by atoms with Gasteiger partial charge in [-0.05, 0) is 31.6 Å².